The van der Waals surface area contributed by atoms with Gasteiger partial charge in [0, 0.05) is 11.3 Å². The van der Waals surface area contributed by atoms with E-state index in [1.807, 2.05) is 56.3 Å². The number of nitrogens with zero attached hydrogens (tertiary/aromatic N) is 1. The molecule has 0 spiro atoms. The molecular formula is C25H19Cl2NO3. The largest absolute Gasteiger partial charge is 0.507 e. The summed E-state index contributed by atoms with van der Waals surface area (Å²) in [4.78, 5) is 27.8. The number of carbonyl (C=O) groups is 2. The van der Waals surface area contributed by atoms with E-state index in [0.717, 1.165) is 16.7 Å². The first-order valence-corrected chi connectivity index (χ1v) is 10.4. The first-order valence-electron chi connectivity index (χ1n) is 9.68. The Kier molecular flexibility index (Phi) is 5.61. The third-order valence-corrected chi connectivity index (χ3v) is 6.14. The van der Waals surface area contributed by atoms with E-state index in [1.165, 1.54) is 11.0 Å². The Bertz CT molecular complexity index is 1250. The number of benzene rings is 3. The van der Waals surface area contributed by atoms with Crippen LogP contribution in [-0.2, 0) is 9.59 Å². The van der Waals surface area contributed by atoms with Crippen molar-refractivity contribution in [3.05, 3.63) is 105 Å². The van der Waals surface area contributed by atoms with Crippen LogP contribution in [0, 0.1) is 13.8 Å². The summed E-state index contributed by atoms with van der Waals surface area (Å²) in [6.07, 6.45) is 0. The van der Waals surface area contributed by atoms with Crippen LogP contribution in [0.2, 0.25) is 10.0 Å². The number of aryl methyl sites for hydroxylation is 2. The van der Waals surface area contributed by atoms with E-state index >= 15 is 0 Å². The third kappa shape index (κ3) is 3.73. The monoisotopic (exact) mass is 451 g/mol. The van der Waals surface area contributed by atoms with E-state index in [1.54, 1.807) is 18.2 Å². The van der Waals surface area contributed by atoms with Gasteiger partial charge in [0.15, 0.2) is 0 Å². The van der Waals surface area contributed by atoms with E-state index < -0.39 is 17.7 Å². The topological polar surface area (TPSA) is 57.6 Å². The number of hydrogen-bond donors (Lipinski definition) is 1. The number of carbonyl (C=O) groups excluding carboxylic acids is 2. The molecule has 1 saturated heterocycles. The molecule has 0 radical (unpaired) electrons. The molecule has 1 amide bonds. The van der Waals surface area contributed by atoms with E-state index in [9.17, 15) is 14.7 Å². The van der Waals surface area contributed by atoms with Gasteiger partial charge < -0.3 is 5.11 Å². The summed E-state index contributed by atoms with van der Waals surface area (Å²) in [7, 11) is 0. The highest BCUT2D eigenvalue weighted by Gasteiger charge is 2.47. The van der Waals surface area contributed by atoms with Gasteiger partial charge in [0.1, 0.15) is 5.76 Å². The van der Waals surface area contributed by atoms with Gasteiger partial charge in [-0.1, -0.05) is 59.6 Å². The molecule has 1 aliphatic rings. The van der Waals surface area contributed by atoms with Crippen molar-refractivity contribution in [1.82, 2.24) is 0 Å². The molecule has 1 atom stereocenters. The molecule has 3 aromatic carbocycles. The second-order valence-electron chi connectivity index (χ2n) is 7.49. The molecule has 156 valence electrons. The van der Waals surface area contributed by atoms with Crippen LogP contribution in [0.3, 0.4) is 0 Å². The maximum Gasteiger partial charge on any atom is 0.300 e. The fourth-order valence-electron chi connectivity index (χ4n) is 3.86. The van der Waals surface area contributed by atoms with Gasteiger partial charge in [0.2, 0.25) is 0 Å². The van der Waals surface area contributed by atoms with E-state index in [0.29, 0.717) is 16.3 Å². The predicted octanol–water partition coefficient (Wildman–Crippen LogP) is 6.24. The standard InChI is InChI=1S/C25H19Cl2NO3/c1-14-6-5-8-17(12-14)28-22(18-9-4-3-7-15(18)2)21(24(30)25(28)31)23(29)16-10-11-19(26)20(27)13-16/h3-13,22,29H,1-2H3/b23-21+. The van der Waals surface area contributed by atoms with Crippen LogP contribution < -0.4 is 4.90 Å². The van der Waals surface area contributed by atoms with Gasteiger partial charge in [-0.25, -0.2) is 0 Å². The molecule has 4 nitrogen and oxygen atoms in total. The number of hydrogen-bond acceptors (Lipinski definition) is 3. The molecule has 3 aromatic rings. The Morgan fingerprint density at radius 2 is 1.65 bits per heavy atom. The van der Waals surface area contributed by atoms with Crippen LogP contribution in [0.4, 0.5) is 5.69 Å². The number of Topliss-reactive ketones (excluding diaryl/α,β-unsaturated/α-hetero) is 1. The summed E-state index contributed by atoms with van der Waals surface area (Å²) in [6.45, 7) is 3.82. The lowest BCUT2D eigenvalue weighted by Gasteiger charge is -2.27. The zero-order chi connectivity index (χ0) is 22.3. The molecule has 1 aliphatic heterocycles. The molecule has 6 heteroatoms. The SMILES string of the molecule is Cc1cccc(N2C(=O)C(=O)/C(=C(/O)c3ccc(Cl)c(Cl)c3)C2c2ccccc2C)c1. The van der Waals surface area contributed by atoms with Crippen LogP contribution in [0.15, 0.2) is 72.3 Å². The van der Waals surface area contributed by atoms with Crippen molar-refractivity contribution in [2.75, 3.05) is 4.90 Å². The van der Waals surface area contributed by atoms with Crippen molar-refractivity contribution in [3.63, 3.8) is 0 Å². The summed E-state index contributed by atoms with van der Waals surface area (Å²) < 4.78 is 0. The number of halogens is 2. The molecule has 31 heavy (non-hydrogen) atoms. The van der Waals surface area contributed by atoms with Crippen LogP contribution in [0.1, 0.15) is 28.3 Å². The number of amides is 1. The first-order chi connectivity index (χ1) is 14.8. The maximum absolute atomic E-state index is 13.2. The van der Waals surface area contributed by atoms with Crippen molar-refractivity contribution in [3.8, 4) is 0 Å². The van der Waals surface area contributed by atoms with Crippen LogP contribution in [-0.4, -0.2) is 16.8 Å². The van der Waals surface area contributed by atoms with Crippen molar-refractivity contribution >= 4 is 46.3 Å². The highest BCUT2D eigenvalue weighted by atomic mass is 35.5. The van der Waals surface area contributed by atoms with Gasteiger partial charge in [-0.05, 0) is 60.9 Å². The lowest BCUT2D eigenvalue weighted by molar-refractivity contribution is -0.132. The number of ketones is 1. The fourth-order valence-corrected chi connectivity index (χ4v) is 4.16. The lowest BCUT2D eigenvalue weighted by atomic mass is 9.92. The summed E-state index contributed by atoms with van der Waals surface area (Å²) in [5.41, 5.74) is 3.52. The quantitative estimate of drug-likeness (QED) is 0.291. The van der Waals surface area contributed by atoms with E-state index in [4.69, 9.17) is 23.2 Å². The average Bonchev–Trinajstić information content (AvgIpc) is 3.00. The minimum absolute atomic E-state index is 0.0131. The van der Waals surface area contributed by atoms with Crippen LogP contribution >= 0.6 is 23.2 Å². The van der Waals surface area contributed by atoms with E-state index in [2.05, 4.69) is 0 Å². The Morgan fingerprint density at radius 1 is 0.903 bits per heavy atom. The average molecular weight is 452 g/mol. The van der Waals surface area contributed by atoms with Gasteiger partial charge in [-0.3, -0.25) is 14.5 Å². The molecule has 1 N–H and O–H groups in total. The van der Waals surface area contributed by atoms with Crippen molar-refractivity contribution in [2.24, 2.45) is 0 Å². The van der Waals surface area contributed by atoms with Gasteiger partial charge >= 0.3 is 0 Å². The van der Waals surface area contributed by atoms with Crippen molar-refractivity contribution < 1.29 is 14.7 Å². The van der Waals surface area contributed by atoms with Gasteiger partial charge in [0.25, 0.3) is 11.7 Å². The molecule has 1 fully saturated rings. The Hall–Kier alpha value is -3.08. The summed E-state index contributed by atoms with van der Waals surface area (Å²) >= 11 is 12.1. The first kappa shape index (κ1) is 21.2. The Labute approximate surface area is 190 Å². The molecule has 4 rings (SSSR count). The maximum atomic E-state index is 13.2. The van der Waals surface area contributed by atoms with Gasteiger partial charge in [-0.15, -0.1) is 0 Å². The number of aliphatic hydroxyl groups is 1. The highest BCUT2D eigenvalue weighted by Crippen LogP contribution is 2.43. The molecule has 1 unspecified atom stereocenters. The second-order valence-corrected chi connectivity index (χ2v) is 8.31. The van der Waals surface area contributed by atoms with Gasteiger partial charge in [-0.2, -0.15) is 0 Å². The third-order valence-electron chi connectivity index (χ3n) is 5.40. The zero-order valence-corrected chi connectivity index (χ0v) is 18.4. The van der Waals surface area contributed by atoms with Crippen LogP contribution in [0.5, 0.6) is 0 Å². The van der Waals surface area contributed by atoms with Gasteiger partial charge in [0.05, 0.1) is 21.7 Å². The molecule has 0 aliphatic carbocycles. The van der Waals surface area contributed by atoms with E-state index in [-0.39, 0.29) is 16.4 Å². The summed E-state index contributed by atoms with van der Waals surface area (Å²) in [5, 5.41) is 11.7. The number of aliphatic hydroxyl groups excluding tert-OH is 1. The molecule has 0 saturated carbocycles. The van der Waals surface area contributed by atoms with Crippen LogP contribution in [0.25, 0.3) is 5.76 Å². The smallest absolute Gasteiger partial charge is 0.300 e. The lowest BCUT2D eigenvalue weighted by Crippen LogP contribution is -2.29. The molecule has 1 heterocycles. The van der Waals surface area contributed by atoms with Crippen molar-refractivity contribution in [2.45, 2.75) is 19.9 Å². The highest BCUT2D eigenvalue weighted by molar-refractivity contribution is 6.51. The number of rotatable bonds is 3. The normalized spacial score (nSPS) is 17.9. The second kappa shape index (κ2) is 8.22. The summed E-state index contributed by atoms with van der Waals surface area (Å²) in [6, 6.07) is 18.7. The molecule has 0 aromatic heterocycles. The minimum Gasteiger partial charge on any atom is -0.507 e. The Morgan fingerprint density at radius 3 is 2.32 bits per heavy atom. The number of anilines is 1. The minimum atomic E-state index is -0.780. The fraction of sp³-hybridized carbons (Fsp3) is 0.120. The zero-order valence-electron chi connectivity index (χ0n) is 16.9. The Balaban J connectivity index is 1.99. The molecular weight excluding hydrogens is 433 g/mol. The van der Waals surface area contributed by atoms with Crippen molar-refractivity contribution in [1.29, 1.82) is 0 Å². The molecule has 0 bridgehead atoms. The predicted molar refractivity (Wildman–Crippen MR) is 124 cm³/mol. The summed E-state index contributed by atoms with van der Waals surface area (Å²) in [5.74, 6) is -1.74.